The monoisotopic (exact) mass is 360 g/mol. The van der Waals surface area contributed by atoms with Crippen molar-refractivity contribution in [2.24, 2.45) is 5.73 Å². The number of imidazole rings is 1. The summed E-state index contributed by atoms with van der Waals surface area (Å²) < 4.78 is 7.60. The number of aryl methyl sites for hydroxylation is 1. The van der Waals surface area contributed by atoms with Crippen LogP contribution < -0.4 is 10.5 Å². The predicted molar refractivity (Wildman–Crippen MR) is 100 cm³/mol. The van der Waals surface area contributed by atoms with Gasteiger partial charge in [0.2, 0.25) is 11.8 Å². The Labute approximate surface area is 157 Å². The molecule has 0 radical (unpaired) electrons. The fourth-order valence-corrected chi connectivity index (χ4v) is 3.52. The molecule has 0 fully saturated rings. The lowest BCUT2D eigenvalue weighted by Crippen LogP contribution is -2.21. The molecule has 0 bridgehead atoms. The second-order valence-electron chi connectivity index (χ2n) is 6.87. The van der Waals surface area contributed by atoms with Crippen LogP contribution in [-0.2, 0) is 0 Å². The van der Waals surface area contributed by atoms with Crippen molar-refractivity contribution in [1.29, 1.82) is 5.26 Å². The summed E-state index contributed by atoms with van der Waals surface area (Å²) in [5.41, 5.74) is 10.2. The summed E-state index contributed by atoms with van der Waals surface area (Å²) in [5.74, 6) is 1.35. The normalized spacial score (nSPS) is 16.2. The molecule has 0 amide bonds. The van der Waals surface area contributed by atoms with Gasteiger partial charge in [-0.2, -0.15) is 5.26 Å². The van der Waals surface area contributed by atoms with E-state index in [0.29, 0.717) is 11.5 Å². The molecule has 0 saturated heterocycles. The number of nitrogens with two attached hydrogens (primary N) is 1. The number of nitrogens with one attached hydrogen (secondary N) is 1. The second-order valence-corrected chi connectivity index (χ2v) is 6.87. The molecule has 0 saturated carbocycles. The van der Waals surface area contributed by atoms with Crippen LogP contribution in [0.15, 0.2) is 48.1 Å². The van der Waals surface area contributed by atoms with Crippen LogP contribution >= 0.6 is 0 Å². The molecule has 1 aromatic carbocycles. The topological polar surface area (TPSA) is 106 Å². The van der Waals surface area contributed by atoms with Gasteiger partial charge in [-0.15, -0.1) is 5.10 Å². The largest absolute Gasteiger partial charge is 0.420 e. The molecule has 0 spiro atoms. The van der Waals surface area contributed by atoms with Crippen molar-refractivity contribution in [3.8, 4) is 17.6 Å². The first-order valence-corrected chi connectivity index (χ1v) is 8.77. The Bertz CT molecular complexity index is 1060. The highest BCUT2D eigenvalue weighted by molar-refractivity contribution is 5.56. The number of hydrogen-bond acceptors (Lipinski definition) is 5. The van der Waals surface area contributed by atoms with Crippen LogP contribution in [0.2, 0.25) is 0 Å². The smallest absolute Gasteiger partial charge is 0.244 e. The quantitative estimate of drug-likeness (QED) is 0.746. The lowest BCUT2D eigenvalue weighted by atomic mass is 9.82. The van der Waals surface area contributed by atoms with Crippen molar-refractivity contribution in [2.75, 3.05) is 0 Å². The summed E-state index contributed by atoms with van der Waals surface area (Å²) in [6.07, 6.45) is 3.69. The molecule has 136 valence electrons. The highest BCUT2D eigenvalue weighted by Crippen LogP contribution is 2.44. The molecule has 27 heavy (non-hydrogen) atoms. The Morgan fingerprint density at radius 2 is 2.04 bits per heavy atom. The first-order chi connectivity index (χ1) is 13.0. The minimum absolute atomic E-state index is 0.103. The van der Waals surface area contributed by atoms with Gasteiger partial charge in [-0.05, 0) is 30.5 Å². The number of fused-ring (bicyclic) bond motifs is 1. The summed E-state index contributed by atoms with van der Waals surface area (Å²) >= 11 is 0. The van der Waals surface area contributed by atoms with Gasteiger partial charge >= 0.3 is 0 Å². The second kappa shape index (κ2) is 6.32. The molecule has 2 aromatic heterocycles. The predicted octanol–water partition coefficient (Wildman–Crippen LogP) is 3.25. The van der Waals surface area contributed by atoms with Gasteiger partial charge in [0.1, 0.15) is 17.5 Å². The third-order valence-electron chi connectivity index (χ3n) is 4.88. The molecular formula is C20H20N6O. The lowest BCUT2D eigenvalue weighted by molar-refractivity contribution is 0.378. The zero-order chi connectivity index (χ0) is 19.1. The Balaban J connectivity index is 1.84. The zero-order valence-corrected chi connectivity index (χ0v) is 15.4. The molecule has 1 aliphatic heterocycles. The van der Waals surface area contributed by atoms with E-state index < -0.39 is 0 Å². The standard InChI is InChI=1S/C20H20N6O/c1-11(2)18-17-16(15(10-21)19(22)27-20(17)25-24-18)13-4-6-14(7-5-13)26-9-8-23-12(26)3/h4-9,11,16H,22H2,1-3H3,(H,24,25). The van der Waals surface area contributed by atoms with Crippen LogP contribution in [0.5, 0.6) is 5.88 Å². The molecular weight excluding hydrogens is 340 g/mol. The minimum atomic E-state index is -0.312. The third-order valence-corrected chi connectivity index (χ3v) is 4.88. The molecule has 3 N–H and O–H groups in total. The number of allylic oxidation sites excluding steroid dienone is 1. The molecule has 3 aromatic rings. The van der Waals surface area contributed by atoms with Crippen molar-refractivity contribution < 1.29 is 4.74 Å². The molecule has 1 aliphatic rings. The number of nitrogens with zero attached hydrogens (tertiary/aromatic N) is 4. The van der Waals surface area contributed by atoms with E-state index in [1.54, 1.807) is 6.20 Å². The van der Waals surface area contributed by atoms with E-state index in [9.17, 15) is 5.26 Å². The van der Waals surface area contributed by atoms with Gasteiger partial charge in [-0.1, -0.05) is 26.0 Å². The van der Waals surface area contributed by atoms with Gasteiger partial charge in [0.25, 0.3) is 0 Å². The fourth-order valence-electron chi connectivity index (χ4n) is 3.52. The van der Waals surface area contributed by atoms with Crippen molar-refractivity contribution >= 4 is 0 Å². The van der Waals surface area contributed by atoms with E-state index in [0.717, 1.165) is 28.3 Å². The zero-order valence-electron chi connectivity index (χ0n) is 15.4. The highest BCUT2D eigenvalue weighted by atomic mass is 16.5. The number of aromatic nitrogens is 4. The maximum absolute atomic E-state index is 9.72. The summed E-state index contributed by atoms with van der Waals surface area (Å²) in [4.78, 5) is 4.26. The number of rotatable bonds is 3. The molecule has 1 unspecified atom stereocenters. The van der Waals surface area contributed by atoms with Gasteiger partial charge < -0.3 is 15.0 Å². The van der Waals surface area contributed by atoms with Crippen LogP contribution in [0.1, 0.15) is 48.3 Å². The van der Waals surface area contributed by atoms with Gasteiger partial charge in [0.15, 0.2) is 0 Å². The number of hydrogen-bond donors (Lipinski definition) is 2. The number of benzene rings is 1. The third kappa shape index (κ3) is 2.66. The maximum Gasteiger partial charge on any atom is 0.244 e. The summed E-state index contributed by atoms with van der Waals surface area (Å²) in [5, 5.41) is 17.0. The SMILES string of the molecule is Cc1nccn1-c1ccc(C2C(C#N)=C(N)Oc3n[nH]c(C(C)C)c32)cc1. The van der Waals surface area contributed by atoms with Crippen LogP contribution in [0, 0.1) is 18.3 Å². The van der Waals surface area contributed by atoms with Crippen molar-refractivity contribution in [3.63, 3.8) is 0 Å². The number of ether oxygens (including phenoxy) is 1. The maximum atomic E-state index is 9.72. The Hall–Kier alpha value is -3.53. The first kappa shape index (κ1) is 16.9. The van der Waals surface area contributed by atoms with E-state index in [4.69, 9.17) is 10.5 Å². The first-order valence-electron chi connectivity index (χ1n) is 8.77. The number of H-pyrrole nitrogens is 1. The number of aromatic amines is 1. The summed E-state index contributed by atoms with van der Waals surface area (Å²) in [6, 6.07) is 10.3. The highest BCUT2D eigenvalue weighted by Gasteiger charge is 2.35. The van der Waals surface area contributed by atoms with E-state index in [-0.39, 0.29) is 17.7 Å². The Morgan fingerprint density at radius 1 is 1.30 bits per heavy atom. The average molecular weight is 360 g/mol. The molecule has 3 heterocycles. The Morgan fingerprint density at radius 3 is 2.63 bits per heavy atom. The van der Waals surface area contributed by atoms with Crippen molar-refractivity contribution in [1.82, 2.24) is 19.7 Å². The molecule has 0 aliphatic carbocycles. The van der Waals surface area contributed by atoms with Gasteiger partial charge in [0, 0.05) is 23.8 Å². The summed E-state index contributed by atoms with van der Waals surface area (Å²) in [7, 11) is 0. The van der Waals surface area contributed by atoms with Gasteiger partial charge in [-0.3, -0.25) is 5.10 Å². The van der Waals surface area contributed by atoms with E-state index in [1.165, 1.54) is 0 Å². The van der Waals surface area contributed by atoms with Crippen LogP contribution in [0.4, 0.5) is 0 Å². The Kier molecular flexibility index (Phi) is 3.96. The fraction of sp³-hybridized carbons (Fsp3) is 0.250. The summed E-state index contributed by atoms with van der Waals surface area (Å²) in [6.45, 7) is 6.10. The number of nitriles is 1. The van der Waals surface area contributed by atoms with E-state index >= 15 is 0 Å². The van der Waals surface area contributed by atoms with Gasteiger partial charge in [-0.25, -0.2) is 4.98 Å². The minimum Gasteiger partial charge on any atom is -0.420 e. The van der Waals surface area contributed by atoms with Crippen molar-refractivity contribution in [2.45, 2.75) is 32.6 Å². The lowest BCUT2D eigenvalue weighted by Gasteiger charge is -2.25. The van der Waals surface area contributed by atoms with E-state index in [2.05, 4.69) is 35.1 Å². The van der Waals surface area contributed by atoms with E-state index in [1.807, 2.05) is 42.0 Å². The van der Waals surface area contributed by atoms with Gasteiger partial charge in [0.05, 0.1) is 11.5 Å². The average Bonchev–Trinajstić information content (AvgIpc) is 3.26. The van der Waals surface area contributed by atoms with Crippen molar-refractivity contribution in [3.05, 3.63) is 70.8 Å². The van der Waals surface area contributed by atoms with Crippen LogP contribution in [0.3, 0.4) is 0 Å². The molecule has 7 nitrogen and oxygen atoms in total. The molecule has 4 rings (SSSR count). The molecule has 7 heteroatoms. The van der Waals surface area contributed by atoms with Crippen LogP contribution in [-0.4, -0.2) is 19.7 Å². The van der Waals surface area contributed by atoms with Crippen LogP contribution in [0.25, 0.3) is 5.69 Å². The molecule has 1 atom stereocenters.